The van der Waals surface area contributed by atoms with Gasteiger partial charge in [0.25, 0.3) is 0 Å². The molecule has 0 spiro atoms. The summed E-state index contributed by atoms with van der Waals surface area (Å²) in [5.74, 6) is -0.661. The van der Waals surface area contributed by atoms with Gasteiger partial charge in [-0.2, -0.15) is 0 Å². The number of ether oxygens (including phenoxy) is 1. The van der Waals surface area contributed by atoms with Crippen molar-refractivity contribution < 1.29 is 18.3 Å². The van der Waals surface area contributed by atoms with Gasteiger partial charge >= 0.3 is 5.97 Å². The molecule has 1 aliphatic rings. The number of aromatic nitrogens is 1. The Bertz CT molecular complexity index is 790. The van der Waals surface area contributed by atoms with Crippen molar-refractivity contribution in [1.29, 1.82) is 0 Å². The second kappa shape index (κ2) is 8.43. The van der Waals surface area contributed by atoms with Gasteiger partial charge in [-0.1, -0.05) is 6.07 Å². The summed E-state index contributed by atoms with van der Waals surface area (Å²) in [6.45, 7) is 6.96. The van der Waals surface area contributed by atoms with E-state index in [4.69, 9.17) is 4.74 Å². The first-order chi connectivity index (χ1) is 13.0. The van der Waals surface area contributed by atoms with Crippen LogP contribution in [0.1, 0.15) is 35.8 Å². The van der Waals surface area contributed by atoms with Crippen LogP contribution in [-0.2, 0) is 4.74 Å². The number of esters is 1. The van der Waals surface area contributed by atoms with Gasteiger partial charge in [-0.15, -0.1) is 0 Å². The Hall–Kier alpha value is -2.54. The highest BCUT2D eigenvalue weighted by Crippen LogP contribution is 2.25. The van der Waals surface area contributed by atoms with E-state index in [0.717, 1.165) is 38.1 Å². The number of anilines is 1. The molecule has 1 aromatic heterocycles. The summed E-state index contributed by atoms with van der Waals surface area (Å²) < 4.78 is 32.1. The summed E-state index contributed by atoms with van der Waals surface area (Å²) in [5, 5.41) is 0. The van der Waals surface area contributed by atoms with Crippen molar-refractivity contribution in [2.75, 3.05) is 37.7 Å². The van der Waals surface area contributed by atoms with Crippen LogP contribution in [0.5, 0.6) is 0 Å². The molecule has 1 aliphatic heterocycles. The minimum atomic E-state index is -0.564. The van der Waals surface area contributed by atoms with E-state index in [0.29, 0.717) is 17.7 Å². The topological polar surface area (TPSA) is 45.7 Å². The van der Waals surface area contributed by atoms with Crippen LogP contribution in [0, 0.1) is 11.6 Å². The lowest BCUT2D eigenvalue weighted by Crippen LogP contribution is -2.47. The molecule has 0 radical (unpaired) electrons. The summed E-state index contributed by atoms with van der Waals surface area (Å²) in [4.78, 5) is 20.3. The molecule has 0 bridgehead atoms. The molecular formula is C20H23F2N3O2. The van der Waals surface area contributed by atoms with Gasteiger partial charge < -0.3 is 9.64 Å². The lowest BCUT2D eigenvalue weighted by atomic mass is 10.1. The molecule has 0 amide bonds. The van der Waals surface area contributed by atoms with E-state index in [9.17, 15) is 13.6 Å². The lowest BCUT2D eigenvalue weighted by molar-refractivity contribution is 0.0526. The van der Waals surface area contributed by atoms with Crippen LogP contribution in [0.4, 0.5) is 14.6 Å². The van der Waals surface area contributed by atoms with E-state index in [1.54, 1.807) is 13.0 Å². The van der Waals surface area contributed by atoms with Gasteiger partial charge in [0.15, 0.2) is 0 Å². The number of halogens is 2. The number of carbonyl (C=O) groups excluding carboxylic acids is 1. The number of hydrogen-bond donors (Lipinski definition) is 0. The molecule has 7 heteroatoms. The molecule has 2 heterocycles. The SMILES string of the molecule is CCOC(=O)c1ccc(N2CCN(C(C)c3ccc(F)cc3F)CC2)nc1. The molecule has 1 aromatic carbocycles. The highest BCUT2D eigenvalue weighted by Gasteiger charge is 2.24. The standard InChI is InChI=1S/C20H23F2N3O2/c1-3-27-20(26)15-4-7-19(23-13-15)25-10-8-24(9-11-25)14(2)17-6-5-16(21)12-18(17)22/h4-7,12-14H,3,8-11H2,1-2H3. The van der Waals surface area contributed by atoms with E-state index in [1.165, 1.54) is 18.3 Å². The number of carbonyl (C=O) groups is 1. The first kappa shape index (κ1) is 19.2. The quantitative estimate of drug-likeness (QED) is 0.750. The van der Waals surface area contributed by atoms with Gasteiger partial charge in [0.05, 0.1) is 12.2 Å². The predicted molar refractivity (Wildman–Crippen MR) is 98.8 cm³/mol. The molecule has 1 unspecified atom stereocenters. The van der Waals surface area contributed by atoms with Gasteiger partial charge in [0.1, 0.15) is 17.5 Å². The Morgan fingerprint density at radius 3 is 2.52 bits per heavy atom. The molecule has 1 atom stereocenters. The Morgan fingerprint density at radius 1 is 1.19 bits per heavy atom. The van der Waals surface area contributed by atoms with Crippen LogP contribution >= 0.6 is 0 Å². The minimum absolute atomic E-state index is 0.133. The third kappa shape index (κ3) is 4.42. The third-order valence-electron chi connectivity index (χ3n) is 4.86. The first-order valence-corrected chi connectivity index (χ1v) is 9.06. The van der Waals surface area contributed by atoms with E-state index >= 15 is 0 Å². The molecule has 1 fully saturated rings. The van der Waals surface area contributed by atoms with Crippen LogP contribution in [0.25, 0.3) is 0 Å². The van der Waals surface area contributed by atoms with Gasteiger partial charge in [0.2, 0.25) is 0 Å². The van der Waals surface area contributed by atoms with Crippen molar-refractivity contribution >= 4 is 11.8 Å². The number of rotatable bonds is 5. The fraction of sp³-hybridized carbons (Fsp3) is 0.400. The second-order valence-corrected chi connectivity index (χ2v) is 6.49. The zero-order chi connectivity index (χ0) is 19.4. The van der Waals surface area contributed by atoms with Crippen LogP contribution in [0.2, 0.25) is 0 Å². The Balaban J connectivity index is 1.60. The largest absolute Gasteiger partial charge is 0.462 e. The molecule has 27 heavy (non-hydrogen) atoms. The number of hydrogen-bond acceptors (Lipinski definition) is 5. The van der Waals surface area contributed by atoms with Crippen molar-refractivity contribution in [3.63, 3.8) is 0 Å². The van der Waals surface area contributed by atoms with Crippen molar-refractivity contribution in [2.45, 2.75) is 19.9 Å². The van der Waals surface area contributed by atoms with Gasteiger partial charge in [-0.3, -0.25) is 4.90 Å². The Labute approximate surface area is 157 Å². The van der Waals surface area contributed by atoms with Gasteiger partial charge in [-0.25, -0.2) is 18.6 Å². The molecular weight excluding hydrogens is 352 g/mol. The number of nitrogens with zero attached hydrogens (tertiary/aromatic N) is 3. The number of benzene rings is 1. The molecule has 0 N–H and O–H groups in total. The fourth-order valence-corrected chi connectivity index (χ4v) is 3.28. The van der Waals surface area contributed by atoms with E-state index in [-0.39, 0.29) is 12.0 Å². The van der Waals surface area contributed by atoms with Crippen LogP contribution in [0.15, 0.2) is 36.5 Å². The summed E-state index contributed by atoms with van der Waals surface area (Å²) in [7, 11) is 0. The highest BCUT2D eigenvalue weighted by molar-refractivity contribution is 5.89. The van der Waals surface area contributed by atoms with E-state index in [2.05, 4.69) is 14.8 Å². The van der Waals surface area contributed by atoms with Gasteiger partial charge in [-0.05, 0) is 32.0 Å². The van der Waals surface area contributed by atoms with Crippen molar-refractivity contribution in [3.05, 3.63) is 59.3 Å². The average molecular weight is 375 g/mol. The van der Waals surface area contributed by atoms with Crippen molar-refractivity contribution in [2.24, 2.45) is 0 Å². The molecule has 0 saturated carbocycles. The zero-order valence-electron chi connectivity index (χ0n) is 15.5. The average Bonchev–Trinajstić information content (AvgIpc) is 2.68. The fourth-order valence-electron chi connectivity index (χ4n) is 3.28. The maximum Gasteiger partial charge on any atom is 0.339 e. The first-order valence-electron chi connectivity index (χ1n) is 9.06. The van der Waals surface area contributed by atoms with Gasteiger partial charge in [0, 0.05) is 50.0 Å². The summed E-state index contributed by atoms with van der Waals surface area (Å²) in [5.41, 5.74) is 0.932. The minimum Gasteiger partial charge on any atom is -0.462 e. The maximum absolute atomic E-state index is 14.0. The van der Waals surface area contributed by atoms with E-state index < -0.39 is 11.6 Å². The molecule has 3 rings (SSSR count). The maximum atomic E-state index is 14.0. The second-order valence-electron chi connectivity index (χ2n) is 6.49. The monoisotopic (exact) mass is 375 g/mol. The molecule has 1 saturated heterocycles. The Kier molecular flexibility index (Phi) is 6.01. The highest BCUT2D eigenvalue weighted by atomic mass is 19.1. The summed E-state index contributed by atoms with van der Waals surface area (Å²) in [6.07, 6.45) is 1.52. The van der Waals surface area contributed by atoms with Crippen LogP contribution in [0.3, 0.4) is 0 Å². The zero-order valence-corrected chi connectivity index (χ0v) is 15.5. The van der Waals surface area contributed by atoms with Crippen molar-refractivity contribution in [3.8, 4) is 0 Å². The predicted octanol–water partition coefficient (Wildman–Crippen LogP) is 3.42. The van der Waals surface area contributed by atoms with Crippen LogP contribution < -0.4 is 4.90 Å². The third-order valence-corrected chi connectivity index (χ3v) is 4.86. The molecule has 2 aromatic rings. The number of piperazine rings is 1. The molecule has 5 nitrogen and oxygen atoms in total. The molecule has 0 aliphatic carbocycles. The normalized spacial score (nSPS) is 16.2. The smallest absolute Gasteiger partial charge is 0.339 e. The molecule has 144 valence electrons. The summed E-state index contributed by atoms with van der Waals surface area (Å²) >= 11 is 0. The van der Waals surface area contributed by atoms with Crippen LogP contribution in [-0.4, -0.2) is 48.6 Å². The van der Waals surface area contributed by atoms with Crippen molar-refractivity contribution in [1.82, 2.24) is 9.88 Å². The lowest BCUT2D eigenvalue weighted by Gasteiger charge is -2.38. The summed E-state index contributed by atoms with van der Waals surface area (Å²) in [6, 6.07) is 7.12. The van der Waals surface area contributed by atoms with E-state index in [1.807, 2.05) is 13.0 Å². The number of pyridine rings is 1. The Morgan fingerprint density at radius 2 is 1.93 bits per heavy atom.